The summed E-state index contributed by atoms with van der Waals surface area (Å²) in [5.41, 5.74) is 1.51. The Morgan fingerprint density at radius 1 is 1.00 bits per heavy atom. The number of nitrogens with one attached hydrogen (secondary N) is 1. The Bertz CT molecular complexity index is 938. The number of methoxy groups -OCH3 is 3. The van der Waals surface area contributed by atoms with Crippen LogP contribution >= 0.6 is 11.8 Å². The number of hydrogen-bond donors (Lipinski definition) is 1. The maximum Gasteiger partial charge on any atom is 0.323 e. The summed E-state index contributed by atoms with van der Waals surface area (Å²) < 4.78 is 27.5. The minimum atomic E-state index is -0.211. The Morgan fingerprint density at radius 3 is 2.43 bits per heavy atom. The normalized spacial score (nSPS) is 17.4. The van der Waals surface area contributed by atoms with E-state index < -0.39 is 0 Å². The predicted octanol–water partition coefficient (Wildman–Crippen LogP) is 3.76. The van der Waals surface area contributed by atoms with Crippen molar-refractivity contribution in [1.82, 2.24) is 4.90 Å². The van der Waals surface area contributed by atoms with Gasteiger partial charge in [0.05, 0.1) is 21.3 Å². The second-order valence-corrected chi connectivity index (χ2v) is 7.84. The number of nitrogens with zero attached hydrogens (tertiary/aromatic N) is 1. The average Bonchev–Trinajstić information content (AvgIpc) is 3.28. The molecular formula is C21H24N2O6S. The van der Waals surface area contributed by atoms with Gasteiger partial charge in [0.25, 0.3) is 0 Å². The van der Waals surface area contributed by atoms with E-state index in [2.05, 4.69) is 5.32 Å². The fourth-order valence-corrected chi connectivity index (χ4v) is 4.77. The molecule has 2 aliphatic rings. The highest BCUT2D eigenvalue weighted by Gasteiger charge is 2.34. The molecule has 1 saturated heterocycles. The van der Waals surface area contributed by atoms with E-state index in [1.807, 2.05) is 6.07 Å². The van der Waals surface area contributed by atoms with Crippen molar-refractivity contribution in [2.45, 2.75) is 5.37 Å². The van der Waals surface area contributed by atoms with Crippen molar-refractivity contribution in [3.8, 4) is 28.7 Å². The molecule has 0 bridgehead atoms. The van der Waals surface area contributed by atoms with Crippen molar-refractivity contribution < 1.29 is 28.5 Å². The molecule has 0 spiro atoms. The molecule has 0 aromatic heterocycles. The summed E-state index contributed by atoms with van der Waals surface area (Å²) in [5.74, 6) is 3.94. The maximum absolute atomic E-state index is 13.1. The highest BCUT2D eigenvalue weighted by Crippen LogP contribution is 2.46. The first-order valence-corrected chi connectivity index (χ1v) is 10.6. The van der Waals surface area contributed by atoms with Crippen LogP contribution in [0.5, 0.6) is 28.7 Å². The standard InChI is InChI=1S/C21H24N2O6S/c1-25-16-12-18(27-3)17(26-2)11-14(16)20-23(6-9-30-20)21(24)22-13-4-5-15-19(10-13)29-8-7-28-15/h4-5,10-12,20H,6-9H2,1-3H3,(H,22,24). The van der Waals surface area contributed by atoms with Crippen LogP contribution < -0.4 is 29.0 Å². The summed E-state index contributed by atoms with van der Waals surface area (Å²) in [4.78, 5) is 14.9. The van der Waals surface area contributed by atoms with E-state index in [1.54, 1.807) is 62.3 Å². The molecule has 1 unspecified atom stereocenters. The predicted molar refractivity (Wildman–Crippen MR) is 114 cm³/mol. The molecule has 9 heteroatoms. The summed E-state index contributed by atoms with van der Waals surface area (Å²) in [6.45, 7) is 1.64. The SMILES string of the molecule is COc1cc(OC)c(C2SCCN2C(=O)Nc2ccc3c(c2)OCCO3)cc1OC. The van der Waals surface area contributed by atoms with Gasteiger partial charge in [-0.15, -0.1) is 11.8 Å². The number of anilines is 1. The molecule has 2 heterocycles. The van der Waals surface area contributed by atoms with E-state index in [9.17, 15) is 4.79 Å². The van der Waals surface area contributed by atoms with E-state index in [0.29, 0.717) is 54.2 Å². The average molecular weight is 432 g/mol. The number of hydrogen-bond acceptors (Lipinski definition) is 7. The van der Waals surface area contributed by atoms with Gasteiger partial charge in [-0.1, -0.05) is 0 Å². The highest BCUT2D eigenvalue weighted by atomic mass is 32.2. The van der Waals surface area contributed by atoms with Crippen LogP contribution in [0.15, 0.2) is 30.3 Å². The van der Waals surface area contributed by atoms with Crippen LogP contribution in [0.1, 0.15) is 10.9 Å². The number of carbonyl (C=O) groups is 1. The van der Waals surface area contributed by atoms with Crippen molar-refractivity contribution in [3.05, 3.63) is 35.9 Å². The molecule has 1 N–H and O–H groups in total. The molecule has 160 valence electrons. The third-order valence-corrected chi connectivity index (χ3v) is 6.19. The minimum Gasteiger partial charge on any atom is -0.496 e. The Hall–Kier alpha value is -2.94. The molecule has 2 aliphatic heterocycles. The molecule has 30 heavy (non-hydrogen) atoms. The first-order valence-electron chi connectivity index (χ1n) is 9.53. The molecule has 1 atom stereocenters. The van der Waals surface area contributed by atoms with Gasteiger partial charge in [-0.3, -0.25) is 0 Å². The topological polar surface area (TPSA) is 78.5 Å². The van der Waals surface area contributed by atoms with Crippen LogP contribution in [-0.4, -0.2) is 57.8 Å². The Kier molecular flexibility index (Phi) is 5.98. The first-order chi connectivity index (χ1) is 14.6. The summed E-state index contributed by atoms with van der Waals surface area (Å²) in [5, 5.41) is 2.75. The Balaban J connectivity index is 1.57. The highest BCUT2D eigenvalue weighted by molar-refractivity contribution is 7.99. The number of carbonyl (C=O) groups excluding carboxylic acids is 1. The lowest BCUT2D eigenvalue weighted by Gasteiger charge is -2.26. The summed E-state index contributed by atoms with van der Waals surface area (Å²) in [7, 11) is 4.76. The van der Waals surface area contributed by atoms with Gasteiger partial charge < -0.3 is 33.9 Å². The van der Waals surface area contributed by atoms with Crippen LogP contribution in [0, 0.1) is 0 Å². The lowest BCUT2D eigenvalue weighted by atomic mass is 10.1. The number of amides is 2. The number of benzene rings is 2. The van der Waals surface area contributed by atoms with Gasteiger partial charge in [0.15, 0.2) is 23.0 Å². The second kappa shape index (κ2) is 8.83. The van der Waals surface area contributed by atoms with Crippen LogP contribution in [-0.2, 0) is 0 Å². The molecule has 4 rings (SSSR count). The van der Waals surface area contributed by atoms with E-state index in [4.69, 9.17) is 23.7 Å². The molecule has 8 nitrogen and oxygen atoms in total. The molecule has 0 aliphatic carbocycles. The zero-order valence-corrected chi connectivity index (χ0v) is 17.9. The van der Waals surface area contributed by atoms with Gasteiger partial charge in [-0.05, 0) is 18.2 Å². The first kappa shape index (κ1) is 20.3. The minimum absolute atomic E-state index is 0.196. The van der Waals surface area contributed by atoms with Gasteiger partial charge in [0.1, 0.15) is 24.3 Å². The Morgan fingerprint density at radius 2 is 1.70 bits per heavy atom. The van der Waals surface area contributed by atoms with Gasteiger partial charge in [-0.2, -0.15) is 0 Å². The van der Waals surface area contributed by atoms with Crippen molar-refractivity contribution in [2.75, 3.05) is 52.2 Å². The number of rotatable bonds is 5. The maximum atomic E-state index is 13.1. The molecule has 2 aromatic rings. The lowest BCUT2D eigenvalue weighted by Crippen LogP contribution is -2.34. The lowest BCUT2D eigenvalue weighted by molar-refractivity contribution is 0.171. The molecule has 2 aromatic carbocycles. The molecule has 0 saturated carbocycles. The zero-order chi connectivity index (χ0) is 21.1. The monoisotopic (exact) mass is 432 g/mol. The molecule has 2 amide bonds. The number of thioether (sulfide) groups is 1. The van der Waals surface area contributed by atoms with Crippen LogP contribution in [0.3, 0.4) is 0 Å². The van der Waals surface area contributed by atoms with Gasteiger partial charge >= 0.3 is 6.03 Å². The molecule has 1 fully saturated rings. The van der Waals surface area contributed by atoms with Crippen LogP contribution in [0.4, 0.5) is 10.5 Å². The Labute approximate surface area is 179 Å². The number of urea groups is 1. The van der Waals surface area contributed by atoms with Crippen molar-refractivity contribution in [3.63, 3.8) is 0 Å². The van der Waals surface area contributed by atoms with E-state index in [-0.39, 0.29) is 11.4 Å². The smallest absolute Gasteiger partial charge is 0.323 e. The van der Waals surface area contributed by atoms with E-state index >= 15 is 0 Å². The fourth-order valence-electron chi connectivity index (χ4n) is 3.50. The second-order valence-electron chi connectivity index (χ2n) is 6.65. The third kappa shape index (κ3) is 3.89. The van der Waals surface area contributed by atoms with Gasteiger partial charge in [0.2, 0.25) is 0 Å². The van der Waals surface area contributed by atoms with Gasteiger partial charge in [-0.25, -0.2) is 4.79 Å². The number of ether oxygens (including phenoxy) is 5. The molecule has 0 radical (unpaired) electrons. The van der Waals surface area contributed by atoms with Crippen molar-refractivity contribution in [1.29, 1.82) is 0 Å². The van der Waals surface area contributed by atoms with Crippen molar-refractivity contribution in [2.24, 2.45) is 0 Å². The summed E-state index contributed by atoms with van der Waals surface area (Å²) >= 11 is 1.67. The largest absolute Gasteiger partial charge is 0.496 e. The summed E-state index contributed by atoms with van der Waals surface area (Å²) in [6, 6.07) is 8.84. The fraction of sp³-hybridized carbons (Fsp3) is 0.381. The van der Waals surface area contributed by atoms with Crippen LogP contribution in [0.25, 0.3) is 0 Å². The van der Waals surface area contributed by atoms with Crippen LogP contribution in [0.2, 0.25) is 0 Å². The quantitative estimate of drug-likeness (QED) is 0.771. The number of fused-ring (bicyclic) bond motifs is 1. The van der Waals surface area contributed by atoms with E-state index in [1.165, 1.54) is 0 Å². The van der Waals surface area contributed by atoms with Gasteiger partial charge in [0, 0.05) is 35.7 Å². The third-order valence-electron chi connectivity index (χ3n) is 4.95. The summed E-state index contributed by atoms with van der Waals surface area (Å²) in [6.07, 6.45) is 0. The van der Waals surface area contributed by atoms with Crippen molar-refractivity contribution >= 4 is 23.5 Å². The zero-order valence-electron chi connectivity index (χ0n) is 17.1. The molecular weight excluding hydrogens is 408 g/mol. The van der Waals surface area contributed by atoms with E-state index in [0.717, 1.165) is 11.3 Å².